The van der Waals surface area contributed by atoms with Crippen molar-refractivity contribution in [3.05, 3.63) is 83.8 Å². The van der Waals surface area contributed by atoms with Gasteiger partial charge in [-0.05, 0) is 67.8 Å². The normalized spacial score (nSPS) is 11.7. The molecule has 0 radical (unpaired) electrons. The fourth-order valence-corrected chi connectivity index (χ4v) is 2.68. The quantitative estimate of drug-likeness (QED) is 0.292. The molecule has 0 bridgehead atoms. The smallest absolute Gasteiger partial charge is 0.184 e. The number of amidine groups is 1. The number of ether oxygens (including phenoxy) is 2. The number of Topliss-reactive ketones (excluding diaryl/α,β-unsaturated/α-hetero) is 1. The van der Waals surface area contributed by atoms with Crippen molar-refractivity contribution in [3.63, 3.8) is 0 Å². The van der Waals surface area contributed by atoms with E-state index in [4.69, 9.17) is 9.47 Å². The Labute approximate surface area is 172 Å². The van der Waals surface area contributed by atoms with Crippen molar-refractivity contribution < 1.29 is 14.3 Å². The average molecular weight is 392 g/mol. The molecule has 2 aromatic rings. The molecule has 2 rings (SSSR count). The molecule has 0 amide bonds. The van der Waals surface area contributed by atoms with Gasteiger partial charge in [0.05, 0.1) is 14.2 Å². The lowest BCUT2D eigenvalue weighted by molar-refractivity contribution is 0.101. The van der Waals surface area contributed by atoms with Crippen LogP contribution in [0.5, 0.6) is 5.75 Å². The molecule has 0 aromatic heterocycles. The minimum atomic E-state index is 0.0407. The lowest BCUT2D eigenvalue weighted by Gasteiger charge is -2.10. The van der Waals surface area contributed by atoms with Gasteiger partial charge < -0.3 is 14.8 Å². The monoisotopic (exact) mass is 392 g/mol. The Kier molecular flexibility index (Phi) is 8.22. The van der Waals surface area contributed by atoms with E-state index in [1.807, 2.05) is 61.5 Å². The van der Waals surface area contributed by atoms with E-state index in [9.17, 15) is 4.79 Å². The maximum absolute atomic E-state index is 11.7. The summed E-state index contributed by atoms with van der Waals surface area (Å²) >= 11 is 0. The SMILES string of the molecule is C=C(NC(/C=C(\C)c1cccc(C(C)=O)c1)=NCCc1ccc(OC)cc1)OC. The molecule has 0 spiro atoms. The van der Waals surface area contributed by atoms with Gasteiger partial charge in [0.1, 0.15) is 11.6 Å². The zero-order chi connectivity index (χ0) is 21.2. The number of carbonyl (C=O) groups excluding carboxylic acids is 1. The van der Waals surface area contributed by atoms with Crippen molar-refractivity contribution >= 4 is 17.2 Å². The summed E-state index contributed by atoms with van der Waals surface area (Å²) in [6.07, 6.45) is 2.72. The summed E-state index contributed by atoms with van der Waals surface area (Å²) in [5.41, 5.74) is 3.80. The summed E-state index contributed by atoms with van der Waals surface area (Å²) in [6, 6.07) is 15.5. The van der Waals surface area contributed by atoms with Crippen molar-refractivity contribution in [1.29, 1.82) is 0 Å². The van der Waals surface area contributed by atoms with Gasteiger partial charge in [0, 0.05) is 12.1 Å². The van der Waals surface area contributed by atoms with Crippen LogP contribution >= 0.6 is 0 Å². The first-order valence-electron chi connectivity index (χ1n) is 9.40. The van der Waals surface area contributed by atoms with Gasteiger partial charge in [-0.25, -0.2) is 0 Å². The molecule has 0 fully saturated rings. The summed E-state index contributed by atoms with van der Waals surface area (Å²) in [7, 11) is 3.21. The molecule has 29 heavy (non-hydrogen) atoms. The fourth-order valence-electron chi connectivity index (χ4n) is 2.68. The van der Waals surface area contributed by atoms with E-state index >= 15 is 0 Å². The van der Waals surface area contributed by atoms with Crippen molar-refractivity contribution in [2.45, 2.75) is 20.3 Å². The highest BCUT2D eigenvalue weighted by Gasteiger charge is 2.05. The van der Waals surface area contributed by atoms with Gasteiger partial charge in [-0.15, -0.1) is 0 Å². The highest BCUT2D eigenvalue weighted by molar-refractivity contribution is 6.00. The molecule has 0 aliphatic heterocycles. The summed E-state index contributed by atoms with van der Waals surface area (Å²) < 4.78 is 10.3. The molecule has 5 nitrogen and oxygen atoms in total. The van der Waals surface area contributed by atoms with Gasteiger partial charge in [0.15, 0.2) is 11.7 Å². The molecule has 0 saturated carbocycles. The van der Waals surface area contributed by atoms with Crippen molar-refractivity contribution in [3.8, 4) is 5.75 Å². The highest BCUT2D eigenvalue weighted by atomic mass is 16.5. The molecule has 2 aromatic carbocycles. The number of nitrogens with zero attached hydrogens (tertiary/aromatic N) is 1. The molecule has 0 saturated heterocycles. The molecule has 0 unspecified atom stereocenters. The second-order valence-corrected chi connectivity index (χ2v) is 6.58. The van der Waals surface area contributed by atoms with Gasteiger partial charge in [0.2, 0.25) is 0 Å². The van der Waals surface area contributed by atoms with Crippen LogP contribution in [-0.4, -0.2) is 32.4 Å². The second-order valence-electron chi connectivity index (χ2n) is 6.58. The first-order valence-corrected chi connectivity index (χ1v) is 9.40. The van der Waals surface area contributed by atoms with Gasteiger partial charge in [-0.3, -0.25) is 9.79 Å². The lowest BCUT2D eigenvalue weighted by Crippen LogP contribution is -2.22. The number of aliphatic imine (C=N–C) groups is 1. The largest absolute Gasteiger partial charge is 0.497 e. The number of hydrogen-bond donors (Lipinski definition) is 1. The van der Waals surface area contributed by atoms with Crippen LogP contribution in [0.25, 0.3) is 5.57 Å². The standard InChI is InChI=1S/C24H28N2O3/c1-17(21-7-6-8-22(16-21)18(2)27)15-24(26-19(3)28-4)25-14-13-20-9-11-23(29-5)12-10-20/h6-12,15-16H,3,13-14H2,1-2,4-5H3,(H,25,26)/b17-15+. The van der Waals surface area contributed by atoms with E-state index < -0.39 is 0 Å². The van der Waals surface area contributed by atoms with Crippen LogP contribution < -0.4 is 10.1 Å². The van der Waals surface area contributed by atoms with Gasteiger partial charge in [-0.1, -0.05) is 30.3 Å². The Bertz CT molecular complexity index is 912. The number of ketones is 1. The van der Waals surface area contributed by atoms with Gasteiger partial charge in [0.25, 0.3) is 0 Å². The van der Waals surface area contributed by atoms with Crippen molar-refractivity contribution in [2.24, 2.45) is 4.99 Å². The number of carbonyl (C=O) groups is 1. The molecule has 0 atom stereocenters. The van der Waals surface area contributed by atoms with E-state index in [0.29, 0.717) is 23.8 Å². The topological polar surface area (TPSA) is 59.9 Å². The van der Waals surface area contributed by atoms with Crippen LogP contribution in [0, 0.1) is 0 Å². The Morgan fingerprint density at radius 3 is 2.41 bits per heavy atom. The van der Waals surface area contributed by atoms with E-state index in [1.54, 1.807) is 21.1 Å². The van der Waals surface area contributed by atoms with Crippen LogP contribution in [0.1, 0.15) is 35.3 Å². The third-order valence-electron chi connectivity index (χ3n) is 4.43. The first-order chi connectivity index (χ1) is 13.9. The molecule has 0 heterocycles. The van der Waals surface area contributed by atoms with Crippen LogP contribution in [0.3, 0.4) is 0 Å². The predicted octanol–water partition coefficient (Wildman–Crippen LogP) is 4.65. The van der Waals surface area contributed by atoms with Crippen molar-refractivity contribution in [2.75, 3.05) is 20.8 Å². The number of benzene rings is 2. The number of nitrogens with one attached hydrogen (secondary N) is 1. The van der Waals surface area contributed by atoms with Crippen molar-refractivity contribution in [1.82, 2.24) is 5.32 Å². The van der Waals surface area contributed by atoms with Crippen LogP contribution in [0.4, 0.5) is 0 Å². The Morgan fingerprint density at radius 2 is 1.79 bits per heavy atom. The predicted molar refractivity (Wildman–Crippen MR) is 118 cm³/mol. The number of hydrogen-bond acceptors (Lipinski definition) is 4. The maximum Gasteiger partial charge on any atom is 0.184 e. The van der Waals surface area contributed by atoms with Crippen LogP contribution in [0.2, 0.25) is 0 Å². The Balaban J connectivity index is 2.18. The first kappa shape index (κ1) is 22.0. The second kappa shape index (κ2) is 10.9. The molecule has 0 aliphatic rings. The number of methoxy groups -OCH3 is 2. The molecule has 152 valence electrons. The molecule has 5 heteroatoms. The molecular formula is C24H28N2O3. The molecule has 1 N–H and O–H groups in total. The van der Waals surface area contributed by atoms with Gasteiger partial charge >= 0.3 is 0 Å². The fraction of sp³-hybridized carbons (Fsp3) is 0.250. The Morgan fingerprint density at radius 1 is 1.10 bits per heavy atom. The average Bonchev–Trinajstić information content (AvgIpc) is 2.74. The summed E-state index contributed by atoms with van der Waals surface area (Å²) in [5, 5.41) is 3.08. The molecule has 0 aliphatic carbocycles. The molecular weight excluding hydrogens is 364 g/mol. The summed E-state index contributed by atoms with van der Waals surface area (Å²) in [4.78, 5) is 16.3. The summed E-state index contributed by atoms with van der Waals surface area (Å²) in [5.74, 6) is 1.94. The number of rotatable bonds is 9. The van der Waals surface area contributed by atoms with E-state index in [1.165, 1.54) is 5.56 Å². The van der Waals surface area contributed by atoms with E-state index in [0.717, 1.165) is 23.3 Å². The summed E-state index contributed by atoms with van der Waals surface area (Å²) in [6.45, 7) is 7.96. The zero-order valence-electron chi connectivity index (χ0n) is 17.5. The lowest BCUT2D eigenvalue weighted by atomic mass is 10.0. The third-order valence-corrected chi connectivity index (χ3v) is 4.43. The minimum Gasteiger partial charge on any atom is -0.497 e. The van der Waals surface area contributed by atoms with Crippen LogP contribution in [0.15, 0.2) is 72.1 Å². The third kappa shape index (κ3) is 6.96. The van der Waals surface area contributed by atoms with Crippen LogP contribution in [-0.2, 0) is 11.2 Å². The maximum atomic E-state index is 11.7. The number of allylic oxidation sites excluding steroid dienone is 1. The zero-order valence-corrected chi connectivity index (χ0v) is 17.5. The van der Waals surface area contributed by atoms with E-state index in [2.05, 4.69) is 16.9 Å². The highest BCUT2D eigenvalue weighted by Crippen LogP contribution is 2.16. The Hall–Kier alpha value is -3.34. The van der Waals surface area contributed by atoms with Gasteiger partial charge in [-0.2, -0.15) is 0 Å². The minimum absolute atomic E-state index is 0.0407. The van der Waals surface area contributed by atoms with E-state index in [-0.39, 0.29) is 5.78 Å².